The molecule has 278 valence electrons. The second-order valence-electron chi connectivity index (χ2n) is 16.4. The van der Waals surface area contributed by atoms with E-state index < -0.39 is 11.4 Å². The van der Waals surface area contributed by atoms with E-state index in [-0.39, 0.29) is 10.8 Å². The van der Waals surface area contributed by atoms with Crippen molar-refractivity contribution in [2.45, 2.75) is 63.8 Å². The van der Waals surface area contributed by atoms with Crippen LogP contribution in [0.2, 0.25) is 0 Å². The highest BCUT2D eigenvalue weighted by Crippen LogP contribution is 2.44. The molecule has 6 aromatic carbocycles. The number of rotatable bonds is 9. The summed E-state index contributed by atoms with van der Waals surface area (Å²) in [4.78, 5) is 35.3. The van der Waals surface area contributed by atoms with Gasteiger partial charge in [-0.25, -0.2) is 20.0 Å². The highest BCUT2D eigenvalue weighted by Gasteiger charge is 2.52. The zero-order chi connectivity index (χ0) is 39.0. The maximum atomic E-state index is 7.01. The van der Waals surface area contributed by atoms with E-state index in [4.69, 9.17) is 29.7 Å². The molecule has 0 saturated carbocycles. The quantitative estimate of drug-likeness (QED) is 0.110. The molecular formula is C50H46N4O2. The van der Waals surface area contributed by atoms with Crippen molar-refractivity contribution in [1.29, 1.82) is 0 Å². The van der Waals surface area contributed by atoms with Gasteiger partial charge in [0.2, 0.25) is 0 Å². The lowest BCUT2D eigenvalue weighted by atomic mass is 9.86. The molecule has 6 aromatic rings. The third-order valence-corrected chi connectivity index (χ3v) is 10.3. The lowest BCUT2D eigenvalue weighted by Crippen LogP contribution is -2.42. The largest absolute Gasteiger partial charge is 0.263 e. The Morgan fingerprint density at radius 1 is 0.357 bits per heavy atom. The molecule has 2 heterocycles. The third-order valence-electron chi connectivity index (χ3n) is 10.3. The summed E-state index contributed by atoms with van der Waals surface area (Å²) in [6.45, 7) is 13.2. The van der Waals surface area contributed by atoms with Crippen LogP contribution in [0.3, 0.4) is 0 Å². The number of hydrogen-bond donors (Lipinski definition) is 0. The van der Waals surface area contributed by atoms with Gasteiger partial charge in [0.15, 0.2) is 11.7 Å². The molecule has 0 aromatic heterocycles. The zero-order valence-corrected chi connectivity index (χ0v) is 32.8. The van der Waals surface area contributed by atoms with Crippen molar-refractivity contribution in [3.8, 4) is 0 Å². The summed E-state index contributed by atoms with van der Waals surface area (Å²) in [5.41, 5.74) is 5.56. The van der Waals surface area contributed by atoms with Gasteiger partial charge in [-0.3, -0.25) is 0 Å². The summed E-state index contributed by atoms with van der Waals surface area (Å²) in [6, 6.07) is 56.8. The number of benzene rings is 6. The average Bonchev–Trinajstić information content (AvgIpc) is 3.82. The predicted octanol–water partition coefficient (Wildman–Crippen LogP) is 11.1. The smallest absolute Gasteiger partial charge is 0.227 e. The Hall–Kier alpha value is -6.08. The van der Waals surface area contributed by atoms with Gasteiger partial charge in [-0.15, -0.1) is 0 Å². The number of amidine groups is 2. The minimum Gasteiger partial charge on any atom is -0.227 e. The highest BCUT2D eigenvalue weighted by atomic mass is 17.2. The van der Waals surface area contributed by atoms with Gasteiger partial charge < -0.3 is 0 Å². The molecule has 0 radical (unpaired) electrons. The van der Waals surface area contributed by atoms with Crippen LogP contribution in [-0.4, -0.2) is 23.1 Å². The Morgan fingerprint density at radius 2 is 0.661 bits per heavy atom. The van der Waals surface area contributed by atoms with Crippen LogP contribution in [0.1, 0.15) is 86.1 Å². The van der Waals surface area contributed by atoms with Crippen LogP contribution in [-0.2, 0) is 32.1 Å². The van der Waals surface area contributed by atoms with Gasteiger partial charge >= 0.3 is 0 Å². The second-order valence-corrected chi connectivity index (χ2v) is 16.4. The van der Waals surface area contributed by atoms with Crippen LogP contribution in [0.5, 0.6) is 0 Å². The van der Waals surface area contributed by atoms with Crippen LogP contribution in [0.15, 0.2) is 190 Å². The molecule has 0 aliphatic carbocycles. The highest BCUT2D eigenvalue weighted by molar-refractivity contribution is 6.21. The Balaban J connectivity index is 1.32. The summed E-state index contributed by atoms with van der Waals surface area (Å²) < 4.78 is 0. The molecule has 6 nitrogen and oxygen atoms in total. The molecule has 0 N–H and O–H groups in total. The molecule has 0 spiro atoms. The van der Waals surface area contributed by atoms with E-state index >= 15 is 0 Å². The van der Waals surface area contributed by atoms with Gasteiger partial charge in [0, 0.05) is 33.4 Å². The van der Waals surface area contributed by atoms with Gasteiger partial charge in [-0.05, 0) is 22.0 Å². The van der Waals surface area contributed by atoms with Crippen LogP contribution < -0.4 is 0 Å². The molecule has 0 amide bonds. The summed E-state index contributed by atoms with van der Waals surface area (Å²) in [5.74, 6) is 1.08. The Bertz CT molecular complexity index is 2270. The summed E-state index contributed by atoms with van der Waals surface area (Å²) in [7, 11) is 0. The van der Waals surface area contributed by atoms with E-state index in [0.717, 1.165) is 33.4 Å². The van der Waals surface area contributed by atoms with E-state index in [0.29, 0.717) is 23.1 Å². The van der Waals surface area contributed by atoms with Crippen molar-refractivity contribution >= 4 is 23.1 Å². The van der Waals surface area contributed by atoms with Crippen molar-refractivity contribution < 1.29 is 9.78 Å². The number of hydrogen-bond acceptors (Lipinski definition) is 6. The van der Waals surface area contributed by atoms with E-state index in [9.17, 15) is 0 Å². The SMILES string of the molecule is CC(C)(C)c1ccc(C2=N[C@@](OO[C@]3(c4ccccc4)N=C(c4ccc(C(C)(C)C)cc4)N=C3c3ccccc3)(c3ccccc3)C(c3ccccc3)=N2)cc1. The van der Waals surface area contributed by atoms with Gasteiger partial charge in [-0.2, -0.15) is 9.78 Å². The average molecular weight is 735 g/mol. The molecule has 0 saturated heterocycles. The second kappa shape index (κ2) is 14.5. The fourth-order valence-electron chi connectivity index (χ4n) is 7.09. The Labute approximate surface area is 330 Å². The lowest BCUT2D eigenvalue weighted by Gasteiger charge is -2.33. The van der Waals surface area contributed by atoms with Gasteiger partial charge in [-0.1, -0.05) is 211 Å². The van der Waals surface area contributed by atoms with Crippen molar-refractivity contribution in [1.82, 2.24) is 0 Å². The first kappa shape index (κ1) is 36.9. The van der Waals surface area contributed by atoms with Gasteiger partial charge in [0.1, 0.15) is 11.4 Å². The third kappa shape index (κ3) is 6.98. The number of nitrogens with zero attached hydrogens (tertiary/aromatic N) is 4. The molecule has 2 aliphatic rings. The maximum absolute atomic E-state index is 7.01. The molecular weight excluding hydrogens is 689 g/mol. The van der Waals surface area contributed by atoms with Crippen LogP contribution in [0.25, 0.3) is 0 Å². The van der Waals surface area contributed by atoms with E-state index in [1.807, 2.05) is 121 Å². The lowest BCUT2D eigenvalue weighted by molar-refractivity contribution is -0.387. The summed E-state index contributed by atoms with van der Waals surface area (Å²) in [6.07, 6.45) is 0. The van der Waals surface area contributed by atoms with Gasteiger partial charge in [0.25, 0.3) is 11.4 Å². The first-order chi connectivity index (χ1) is 27.0. The Kier molecular flexibility index (Phi) is 9.57. The molecule has 0 fully saturated rings. The minimum atomic E-state index is -1.52. The van der Waals surface area contributed by atoms with Crippen molar-refractivity contribution in [2.75, 3.05) is 0 Å². The maximum Gasteiger partial charge on any atom is 0.263 e. The minimum absolute atomic E-state index is 0.00170. The molecule has 2 atom stereocenters. The fraction of sp³-hybridized carbons (Fsp3) is 0.200. The molecule has 56 heavy (non-hydrogen) atoms. The molecule has 2 aliphatic heterocycles. The zero-order valence-electron chi connectivity index (χ0n) is 32.8. The van der Waals surface area contributed by atoms with Crippen LogP contribution >= 0.6 is 0 Å². The monoisotopic (exact) mass is 734 g/mol. The van der Waals surface area contributed by atoms with E-state index in [1.165, 1.54) is 11.1 Å². The molecule has 0 bridgehead atoms. The van der Waals surface area contributed by atoms with E-state index in [1.54, 1.807) is 0 Å². The van der Waals surface area contributed by atoms with Gasteiger partial charge in [0.05, 0.1) is 0 Å². The van der Waals surface area contributed by atoms with Crippen molar-refractivity contribution in [2.24, 2.45) is 20.0 Å². The van der Waals surface area contributed by atoms with Crippen molar-refractivity contribution in [3.63, 3.8) is 0 Å². The fourth-order valence-corrected chi connectivity index (χ4v) is 7.09. The first-order valence-electron chi connectivity index (χ1n) is 19.1. The molecule has 8 rings (SSSR count). The summed E-state index contributed by atoms with van der Waals surface area (Å²) in [5, 5.41) is 0. The van der Waals surface area contributed by atoms with E-state index in [2.05, 4.69) is 90.1 Å². The normalized spacial score (nSPS) is 19.6. The van der Waals surface area contributed by atoms with Crippen LogP contribution in [0.4, 0.5) is 0 Å². The molecule has 0 unspecified atom stereocenters. The Morgan fingerprint density at radius 3 is 0.964 bits per heavy atom. The van der Waals surface area contributed by atoms with Crippen LogP contribution in [0, 0.1) is 0 Å². The number of aliphatic imine (C=N–C) groups is 4. The first-order valence-corrected chi connectivity index (χ1v) is 19.1. The molecule has 6 heteroatoms. The standard InChI is InChI=1S/C50H46N4O2/c1-47(2,3)39-31-27-37(28-32-39)45-51-43(35-19-11-7-12-20-35)49(53-45,41-23-15-9-16-24-41)55-56-50(42-25-17-10-18-26-42)44(36-21-13-8-14-22-36)52-46(54-50)38-29-33-40(34-30-38)48(4,5)6/h7-34H,1-6H3/t49-,50+. The predicted molar refractivity (Wildman–Crippen MR) is 228 cm³/mol. The van der Waals surface area contributed by atoms with Crippen molar-refractivity contribution in [3.05, 3.63) is 214 Å². The summed E-state index contributed by atoms with van der Waals surface area (Å²) >= 11 is 0. The topological polar surface area (TPSA) is 67.9 Å².